The first-order valence-corrected chi connectivity index (χ1v) is 5.49. The maximum absolute atomic E-state index is 4.34. The molecule has 0 unspecified atom stereocenters. The Morgan fingerprint density at radius 2 is 2.12 bits per heavy atom. The molecule has 0 spiro atoms. The number of rotatable bonds is 1. The monoisotopic (exact) mass is 212 g/mol. The fraction of sp³-hybridized carbons (Fsp3) is 0.357. The van der Waals surface area contributed by atoms with Gasteiger partial charge in [0.05, 0.1) is 5.69 Å². The van der Waals surface area contributed by atoms with Crippen LogP contribution >= 0.6 is 0 Å². The minimum absolute atomic E-state index is 0.278. The number of pyridine rings is 1. The molecule has 2 heteroatoms. The summed E-state index contributed by atoms with van der Waals surface area (Å²) in [5.74, 6) is 2.84. The molecule has 1 aliphatic rings. The zero-order chi connectivity index (χ0) is 11.6. The van der Waals surface area contributed by atoms with Crippen LogP contribution in [0.15, 0.2) is 23.5 Å². The molecule has 0 N–H and O–H groups in total. The van der Waals surface area contributed by atoms with Gasteiger partial charge < -0.3 is 0 Å². The van der Waals surface area contributed by atoms with E-state index in [1.54, 1.807) is 6.20 Å². The highest BCUT2D eigenvalue weighted by molar-refractivity contribution is 5.83. The van der Waals surface area contributed by atoms with E-state index in [-0.39, 0.29) is 5.41 Å². The van der Waals surface area contributed by atoms with Crippen molar-refractivity contribution >= 4 is 18.0 Å². The smallest absolute Gasteiger partial charge is 0.0797 e. The second-order valence-corrected chi connectivity index (χ2v) is 5.22. The first kappa shape index (κ1) is 10.8. The van der Waals surface area contributed by atoms with E-state index in [1.807, 2.05) is 18.3 Å². The number of hydrogen-bond donors (Lipinski definition) is 0. The van der Waals surface area contributed by atoms with E-state index in [4.69, 9.17) is 0 Å². The van der Waals surface area contributed by atoms with Gasteiger partial charge in [-0.05, 0) is 35.4 Å². The van der Waals surface area contributed by atoms with Crippen LogP contribution in [0.1, 0.15) is 37.6 Å². The fourth-order valence-electron chi connectivity index (χ4n) is 1.82. The highest BCUT2D eigenvalue weighted by Crippen LogP contribution is 2.25. The van der Waals surface area contributed by atoms with Gasteiger partial charge in [-0.25, -0.2) is 4.99 Å². The van der Waals surface area contributed by atoms with Crippen LogP contribution in [0.25, 0.3) is 12.2 Å². The first-order chi connectivity index (χ1) is 7.56. The van der Waals surface area contributed by atoms with Gasteiger partial charge in [0.1, 0.15) is 0 Å². The summed E-state index contributed by atoms with van der Waals surface area (Å²) in [6.45, 7) is 6.73. The molecule has 0 amide bonds. The zero-order valence-corrected chi connectivity index (χ0v) is 9.99. The molecular formula is C14H16N2. The predicted octanol–water partition coefficient (Wildman–Crippen LogP) is 3.34. The van der Waals surface area contributed by atoms with Crippen molar-refractivity contribution < 1.29 is 0 Å². The van der Waals surface area contributed by atoms with E-state index in [2.05, 4.69) is 42.7 Å². The van der Waals surface area contributed by atoms with Crippen LogP contribution < -0.4 is 0 Å². The molecule has 0 fully saturated rings. The Morgan fingerprint density at radius 3 is 2.88 bits per heavy atom. The van der Waals surface area contributed by atoms with Gasteiger partial charge >= 0.3 is 0 Å². The summed E-state index contributed by atoms with van der Waals surface area (Å²) in [5.41, 5.74) is 3.73. The third kappa shape index (κ3) is 2.47. The SMILES string of the molecule is CC(C)(C)Cc1ccnc2c1C=CN=C=C2. The van der Waals surface area contributed by atoms with Crippen LogP contribution in [0.2, 0.25) is 0 Å². The Balaban J connectivity index is 2.46. The summed E-state index contributed by atoms with van der Waals surface area (Å²) in [7, 11) is 0. The average Bonchev–Trinajstić information content (AvgIpc) is 2.41. The topological polar surface area (TPSA) is 25.2 Å². The van der Waals surface area contributed by atoms with Gasteiger partial charge in [-0.2, -0.15) is 0 Å². The quantitative estimate of drug-likeness (QED) is 0.701. The molecule has 1 aromatic heterocycles. The Bertz CT molecular complexity index is 484. The van der Waals surface area contributed by atoms with Gasteiger partial charge in [0, 0.05) is 24.0 Å². The Kier molecular flexibility index (Phi) is 2.76. The molecule has 1 aromatic rings. The molecule has 2 heterocycles. The molecule has 0 saturated carbocycles. The second-order valence-electron chi connectivity index (χ2n) is 5.22. The van der Waals surface area contributed by atoms with Crippen LogP contribution in [-0.4, -0.2) is 10.9 Å². The molecule has 1 aliphatic heterocycles. The van der Waals surface area contributed by atoms with Gasteiger partial charge in [0.2, 0.25) is 0 Å². The van der Waals surface area contributed by atoms with Crippen molar-refractivity contribution in [3.8, 4) is 0 Å². The number of fused-ring (bicyclic) bond motifs is 1. The fourth-order valence-corrected chi connectivity index (χ4v) is 1.82. The highest BCUT2D eigenvalue weighted by Gasteiger charge is 2.15. The number of aliphatic imine (C=N–C) groups is 1. The maximum Gasteiger partial charge on any atom is 0.0797 e. The van der Waals surface area contributed by atoms with Gasteiger partial charge in [0.15, 0.2) is 0 Å². The molecule has 0 saturated heterocycles. The van der Waals surface area contributed by atoms with Crippen LogP contribution in [0, 0.1) is 5.41 Å². The van der Waals surface area contributed by atoms with Crippen LogP contribution in [0.5, 0.6) is 0 Å². The molecule has 82 valence electrons. The molecule has 0 aliphatic carbocycles. The molecular weight excluding hydrogens is 196 g/mol. The minimum Gasteiger partial charge on any atom is -0.256 e. The van der Waals surface area contributed by atoms with Crippen molar-refractivity contribution in [1.29, 1.82) is 0 Å². The van der Waals surface area contributed by atoms with Crippen LogP contribution in [-0.2, 0) is 6.42 Å². The number of hydrogen-bond acceptors (Lipinski definition) is 2. The van der Waals surface area contributed by atoms with Crippen molar-refractivity contribution in [3.63, 3.8) is 0 Å². The maximum atomic E-state index is 4.34. The predicted molar refractivity (Wildman–Crippen MR) is 68.3 cm³/mol. The van der Waals surface area contributed by atoms with E-state index in [9.17, 15) is 0 Å². The standard InChI is InChI=1S/C14H16N2/c1-14(2,3)10-11-4-9-16-13-6-8-15-7-5-12(11)13/h4-7,9H,10H2,1-3H3. The van der Waals surface area contributed by atoms with E-state index < -0.39 is 0 Å². The molecule has 0 aromatic carbocycles. The van der Waals surface area contributed by atoms with E-state index >= 15 is 0 Å². The van der Waals surface area contributed by atoms with Crippen molar-refractivity contribution in [2.75, 3.05) is 0 Å². The molecule has 2 nitrogen and oxygen atoms in total. The number of nitrogens with zero attached hydrogens (tertiary/aromatic N) is 2. The Hall–Kier alpha value is -1.66. The molecule has 16 heavy (non-hydrogen) atoms. The summed E-state index contributed by atoms with van der Waals surface area (Å²) in [6, 6.07) is 2.09. The van der Waals surface area contributed by atoms with Crippen LogP contribution in [0.3, 0.4) is 0 Å². The first-order valence-electron chi connectivity index (χ1n) is 5.49. The average molecular weight is 212 g/mol. The van der Waals surface area contributed by atoms with Crippen molar-refractivity contribution in [3.05, 3.63) is 35.3 Å². The van der Waals surface area contributed by atoms with Crippen molar-refractivity contribution in [1.82, 2.24) is 4.98 Å². The van der Waals surface area contributed by atoms with Crippen LogP contribution in [0.4, 0.5) is 0 Å². The van der Waals surface area contributed by atoms with Crippen molar-refractivity contribution in [2.45, 2.75) is 27.2 Å². The van der Waals surface area contributed by atoms with Gasteiger partial charge in [-0.15, -0.1) is 0 Å². The molecule has 0 atom stereocenters. The minimum atomic E-state index is 0.278. The molecule has 0 bridgehead atoms. The van der Waals surface area contributed by atoms with Gasteiger partial charge in [0.25, 0.3) is 0 Å². The third-order valence-electron chi connectivity index (χ3n) is 2.42. The third-order valence-corrected chi connectivity index (χ3v) is 2.42. The van der Waals surface area contributed by atoms with E-state index in [1.165, 1.54) is 11.1 Å². The lowest BCUT2D eigenvalue weighted by atomic mass is 9.86. The highest BCUT2D eigenvalue weighted by atomic mass is 14.7. The summed E-state index contributed by atoms with van der Waals surface area (Å²) in [4.78, 5) is 8.34. The molecule has 2 rings (SSSR count). The second kappa shape index (κ2) is 4.07. The normalized spacial score (nSPS) is 13.7. The lowest BCUT2D eigenvalue weighted by Crippen LogP contribution is -2.11. The summed E-state index contributed by atoms with van der Waals surface area (Å²) < 4.78 is 0. The summed E-state index contributed by atoms with van der Waals surface area (Å²) in [6.07, 6.45) is 8.52. The summed E-state index contributed by atoms with van der Waals surface area (Å²) >= 11 is 0. The van der Waals surface area contributed by atoms with E-state index in [0.717, 1.165) is 12.1 Å². The number of aromatic nitrogens is 1. The Labute approximate surface area is 96.4 Å². The van der Waals surface area contributed by atoms with Gasteiger partial charge in [-0.1, -0.05) is 20.8 Å². The molecule has 0 radical (unpaired) electrons. The largest absolute Gasteiger partial charge is 0.256 e. The van der Waals surface area contributed by atoms with Gasteiger partial charge in [-0.3, -0.25) is 4.98 Å². The van der Waals surface area contributed by atoms with Crippen molar-refractivity contribution in [2.24, 2.45) is 10.4 Å². The van der Waals surface area contributed by atoms with E-state index in [0.29, 0.717) is 0 Å². The zero-order valence-electron chi connectivity index (χ0n) is 9.99. The summed E-state index contributed by atoms with van der Waals surface area (Å²) in [5, 5.41) is 0. The lowest BCUT2D eigenvalue weighted by Gasteiger charge is -2.20. The lowest BCUT2D eigenvalue weighted by molar-refractivity contribution is 0.411. The Morgan fingerprint density at radius 1 is 1.31 bits per heavy atom.